The summed E-state index contributed by atoms with van der Waals surface area (Å²) in [6.45, 7) is 13.5. The Morgan fingerprint density at radius 2 is 1.24 bits per heavy atom. The summed E-state index contributed by atoms with van der Waals surface area (Å²) in [7, 11) is 3.71. The average molecular weight is 1130 g/mol. The van der Waals surface area contributed by atoms with Crippen LogP contribution in [0.15, 0.2) is 107 Å². The number of carbonyl (C=O) groups excluding carboxylic acids is 6. The lowest BCUT2D eigenvalue weighted by Crippen LogP contribution is -2.44. The second-order valence-electron chi connectivity index (χ2n) is 22.8. The molecule has 10 rings (SSSR count). The third kappa shape index (κ3) is 13.3. The van der Waals surface area contributed by atoms with E-state index in [0.717, 1.165) is 79.7 Å². The number of carbonyl (C=O) groups is 6. The fourth-order valence-corrected chi connectivity index (χ4v) is 11.5. The number of ketones is 1. The standard InChI is InChI=1S/C65H75N9O9/c1-41(2)62(66-22-9-7-8-10-23-72-60(76)20-21-61(72)77)56(75)31-43(4)63(78)69-48-16-12-44(13-17-48)46-32-50-37-67-54-35-57(42(3)30-52(54)64(79)73(50)39-46)82-28-11-29-83-59-36-55-53(34-58(59)81-6)65(80)74-40-47(33-51(74)38-68-55)45-14-18-49(19-15-45)71-26-24-70(5)25-27-71/h12-21,30,34-41,43,50-51,62,66H,7-11,22-29,31-33H2,1-6H3,(H,69,78)/t43-,50+,51+,62+/m1/s1. The molecule has 2 N–H and O–H groups in total. The molecule has 18 heteroatoms. The number of hydrogen-bond acceptors (Lipinski definition) is 14. The molecule has 4 aromatic rings. The molecule has 0 aliphatic carbocycles. The molecule has 6 aliphatic rings. The molecule has 6 heterocycles. The van der Waals surface area contributed by atoms with Gasteiger partial charge >= 0.3 is 0 Å². The summed E-state index contributed by atoms with van der Waals surface area (Å²) >= 11 is 0. The minimum Gasteiger partial charge on any atom is -0.493 e. The zero-order valence-corrected chi connectivity index (χ0v) is 48.4. The van der Waals surface area contributed by atoms with Crippen molar-refractivity contribution in [1.29, 1.82) is 0 Å². The fourth-order valence-electron chi connectivity index (χ4n) is 11.5. The first-order chi connectivity index (χ1) is 40.1. The highest BCUT2D eigenvalue weighted by Gasteiger charge is 2.36. The Kier molecular flexibility index (Phi) is 18.1. The zero-order valence-electron chi connectivity index (χ0n) is 48.4. The maximum absolute atomic E-state index is 14.1. The molecule has 0 unspecified atom stereocenters. The lowest BCUT2D eigenvalue weighted by Gasteiger charge is -2.34. The Balaban J connectivity index is 0.670. The maximum Gasteiger partial charge on any atom is 0.260 e. The van der Waals surface area contributed by atoms with E-state index >= 15 is 0 Å². The number of imide groups is 1. The minimum absolute atomic E-state index is 0.0106. The summed E-state index contributed by atoms with van der Waals surface area (Å²) in [5.74, 6) is -0.0373. The van der Waals surface area contributed by atoms with E-state index in [0.29, 0.717) is 91.0 Å². The SMILES string of the molecule is COc1cc2c(cc1OCCCOc1cc3c(cc1C)C(=O)N1C=C(c4ccc(NC(=O)[C@H](C)CC(=O)[C@@H](NCCCCCCN5C(=O)C=CC5=O)C(C)C)cc4)C[C@H]1C=N3)N=C[C@@H]1CC(c3ccc(N4CCN(C)CC4)cc3)=CN1C2=O. The molecular weight excluding hydrogens is 1050 g/mol. The molecule has 6 aliphatic heterocycles. The number of methoxy groups -OCH3 is 1. The van der Waals surface area contributed by atoms with E-state index in [1.54, 1.807) is 42.2 Å². The Hall–Kier alpha value is -8.22. The number of aliphatic imine (C=N–C) groups is 2. The van der Waals surface area contributed by atoms with Crippen molar-refractivity contribution in [2.45, 2.75) is 97.2 Å². The molecule has 5 amide bonds. The van der Waals surface area contributed by atoms with Gasteiger partial charge in [-0.05, 0) is 104 Å². The van der Waals surface area contributed by atoms with Gasteiger partial charge in [-0.2, -0.15) is 0 Å². The van der Waals surface area contributed by atoms with Gasteiger partial charge in [-0.25, -0.2) is 0 Å². The van der Waals surface area contributed by atoms with Crippen LogP contribution in [0.4, 0.5) is 22.7 Å². The van der Waals surface area contributed by atoms with E-state index in [1.807, 2.05) is 75.8 Å². The summed E-state index contributed by atoms with van der Waals surface area (Å²) in [5.41, 5.74) is 8.67. The maximum atomic E-state index is 14.1. The first-order valence-corrected chi connectivity index (χ1v) is 29.1. The van der Waals surface area contributed by atoms with Crippen molar-refractivity contribution >= 4 is 81.6 Å². The Morgan fingerprint density at radius 1 is 0.675 bits per heavy atom. The number of piperazine rings is 1. The minimum atomic E-state index is -0.546. The van der Waals surface area contributed by atoms with E-state index in [-0.39, 0.29) is 65.8 Å². The number of benzene rings is 4. The highest BCUT2D eigenvalue weighted by molar-refractivity contribution is 6.13. The number of aryl methyl sites for hydroxylation is 1. The van der Waals surface area contributed by atoms with E-state index in [2.05, 4.69) is 51.7 Å². The number of nitrogens with one attached hydrogen (secondary N) is 2. The number of amides is 5. The van der Waals surface area contributed by atoms with Crippen molar-refractivity contribution in [3.05, 3.63) is 125 Å². The molecule has 1 fully saturated rings. The molecular formula is C65H75N9O9. The summed E-state index contributed by atoms with van der Waals surface area (Å²) in [6.07, 6.45) is 15.3. The average Bonchev–Trinajstić information content (AvgIpc) is 4.38. The summed E-state index contributed by atoms with van der Waals surface area (Å²) in [5, 5.41) is 6.36. The van der Waals surface area contributed by atoms with Crippen LogP contribution in [0.5, 0.6) is 17.2 Å². The second-order valence-corrected chi connectivity index (χ2v) is 22.8. The lowest BCUT2D eigenvalue weighted by molar-refractivity contribution is -0.136. The van der Waals surface area contributed by atoms with Gasteiger partial charge in [0.1, 0.15) is 5.75 Å². The van der Waals surface area contributed by atoms with Gasteiger partial charge in [-0.1, -0.05) is 57.9 Å². The number of fused-ring (bicyclic) bond motifs is 4. The monoisotopic (exact) mass is 1130 g/mol. The molecule has 0 spiro atoms. The smallest absolute Gasteiger partial charge is 0.260 e. The molecule has 18 nitrogen and oxygen atoms in total. The van der Waals surface area contributed by atoms with E-state index in [1.165, 1.54) is 22.7 Å². The van der Waals surface area contributed by atoms with Gasteiger partial charge in [-0.15, -0.1) is 0 Å². The highest BCUT2D eigenvalue weighted by atomic mass is 16.5. The van der Waals surface area contributed by atoms with Crippen LogP contribution >= 0.6 is 0 Å². The van der Waals surface area contributed by atoms with E-state index in [9.17, 15) is 28.8 Å². The Labute approximate surface area is 485 Å². The van der Waals surface area contributed by atoms with Crippen LogP contribution in [0.1, 0.15) is 110 Å². The Morgan fingerprint density at radius 3 is 1.84 bits per heavy atom. The van der Waals surface area contributed by atoms with Crippen molar-refractivity contribution in [1.82, 2.24) is 24.9 Å². The third-order valence-corrected chi connectivity index (χ3v) is 16.4. The van der Waals surface area contributed by atoms with Gasteiger partial charge in [0.15, 0.2) is 17.3 Å². The molecule has 1 saturated heterocycles. The van der Waals surface area contributed by atoms with E-state index in [4.69, 9.17) is 24.2 Å². The van der Waals surface area contributed by atoms with Gasteiger partial charge < -0.3 is 44.4 Å². The molecule has 4 aromatic carbocycles. The Bertz CT molecular complexity index is 3270. The summed E-state index contributed by atoms with van der Waals surface area (Å²) < 4.78 is 18.2. The van der Waals surface area contributed by atoms with Crippen LogP contribution in [-0.2, 0) is 19.2 Å². The normalized spacial score (nSPS) is 19.0. The van der Waals surface area contributed by atoms with Crippen molar-refractivity contribution in [2.75, 3.05) is 76.9 Å². The molecule has 0 saturated carbocycles. The third-order valence-electron chi connectivity index (χ3n) is 16.4. The fraction of sp³-hybridized carbons (Fsp3) is 0.415. The molecule has 0 bridgehead atoms. The number of anilines is 2. The lowest BCUT2D eigenvalue weighted by atomic mass is 9.92. The number of Topliss-reactive ketones (excluding diaryl/α,β-unsaturated/α-hetero) is 1. The summed E-state index contributed by atoms with van der Waals surface area (Å²) in [6, 6.07) is 22.4. The number of nitrogens with zero attached hydrogens (tertiary/aromatic N) is 7. The molecule has 434 valence electrons. The van der Waals surface area contributed by atoms with Crippen LogP contribution in [-0.4, -0.2) is 152 Å². The van der Waals surface area contributed by atoms with Crippen molar-refractivity contribution < 1.29 is 43.0 Å². The number of ether oxygens (including phenoxy) is 3. The zero-order chi connectivity index (χ0) is 58.3. The molecule has 0 radical (unpaired) electrons. The van der Waals surface area contributed by atoms with Crippen LogP contribution in [0.2, 0.25) is 0 Å². The van der Waals surface area contributed by atoms with Crippen molar-refractivity contribution in [2.24, 2.45) is 21.8 Å². The summed E-state index contributed by atoms with van der Waals surface area (Å²) in [4.78, 5) is 97.5. The predicted octanol–water partition coefficient (Wildman–Crippen LogP) is 9.18. The predicted molar refractivity (Wildman–Crippen MR) is 322 cm³/mol. The topological polar surface area (TPSA) is 195 Å². The van der Waals surface area contributed by atoms with Gasteiger partial charge in [0.25, 0.3) is 23.6 Å². The van der Waals surface area contributed by atoms with Gasteiger partial charge in [-0.3, -0.25) is 43.7 Å². The largest absolute Gasteiger partial charge is 0.493 e. The van der Waals surface area contributed by atoms with Crippen molar-refractivity contribution in [3.8, 4) is 17.2 Å². The van der Waals surface area contributed by atoms with Gasteiger partial charge in [0, 0.05) is 125 Å². The van der Waals surface area contributed by atoms with Gasteiger partial charge in [0.2, 0.25) is 5.91 Å². The first kappa shape index (κ1) is 58.0. The van der Waals surface area contributed by atoms with Crippen LogP contribution in [0.25, 0.3) is 11.1 Å². The van der Waals surface area contributed by atoms with Crippen molar-refractivity contribution in [3.63, 3.8) is 0 Å². The van der Waals surface area contributed by atoms with E-state index < -0.39 is 5.92 Å². The highest BCUT2D eigenvalue weighted by Crippen LogP contribution is 2.41. The van der Waals surface area contributed by atoms with Gasteiger partial charge in [0.05, 0.1) is 61.0 Å². The number of likely N-dealkylation sites (N-methyl/N-ethyl adjacent to an activating group) is 1. The molecule has 0 aromatic heterocycles. The number of hydrogen-bond donors (Lipinski definition) is 2. The van der Waals surface area contributed by atoms with Crippen LogP contribution < -0.4 is 29.7 Å². The molecule has 83 heavy (non-hydrogen) atoms. The van der Waals surface area contributed by atoms with Crippen LogP contribution in [0.3, 0.4) is 0 Å². The molecule has 4 atom stereocenters. The second kappa shape index (κ2) is 25.9. The first-order valence-electron chi connectivity index (χ1n) is 29.1. The van der Waals surface area contributed by atoms with Crippen LogP contribution in [0, 0.1) is 18.8 Å². The number of unbranched alkanes of at least 4 members (excludes halogenated alkanes) is 3. The quantitative estimate of drug-likeness (QED) is 0.0500. The number of rotatable bonds is 24.